The summed E-state index contributed by atoms with van der Waals surface area (Å²) in [5.41, 5.74) is 0. The molecule has 3 unspecified atom stereocenters. The molecule has 4 heteroatoms. The molecule has 0 aromatic carbocycles. The predicted molar refractivity (Wildman–Crippen MR) is 73.3 cm³/mol. The van der Waals surface area contributed by atoms with Crippen LogP contribution in [-0.4, -0.2) is 35.5 Å². The molecule has 0 bridgehead atoms. The van der Waals surface area contributed by atoms with Crippen molar-refractivity contribution in [3.05, 3.63) is 0 Å². The summed E-state index contributed by atoms with van der Waals surface area (Å²) in [6, 6.07) is 0.0359. The Morgan fingerprint density at radius 3 is 3.06 bits per heavy atom. The lowest BCUT2D eigenvalue weighted by Crippen LogP contribution is -2.50. The molecule has 2 saturated heterocycles. The third kappa shape index (κ3) is 3.62. The number of nitrogens with one attached hydrogen (secondary N) is 2. The highest BCUT2D eigenvalue weighted by atomic mass is 32.2. The smallest absolute Gasteiger partial charge is 0.237 e. The summed E-state index contributed by atoms with van der Waals surface area (Å²) >= 11 is 2.00. The fraction of sp³-hybridized carbons (Fsp3) is 0.923. The Morgan fingerprint density at radius 1 is 1.59 bits per heavy atom. The molecule has 2 aliphatic heterocycles. The molecule has 2 N–H and O–H groups in total. The van der Waals surface area contributed by atoms with E-state index in [0.717, 1.165) is 19.5 Å². The summed E-state index contributed by atoms with van der Waals surface area (Å²) in [6.45, 7) is 6.30. The van der Waals surface area contributed by atoms with Crippen molar-refractivity contribution in [1.29, 1.82) is 0 Å². The van der Waals surface area contributed by atoms with E-state index in [9.17, 15) is 4.79 Å². The lowest BCUT2D eigenvalue weighted by Gasteiger charge is -2.29. The molecule has 0 aliphatic carbocycles. The normalized spacial score (nSPS) is 38.0. The van der Waals surface area contributed by atoms with E-state index in [1.807, 2.05) is 11.8 Å². The van der Waals surface area contributed by atoms with Crippen molar-refractivity contribution in [3.8, 4) is 0 Å². The molecular formula is C13H24N2OS. The highest BCUT2D eigenvalue weighted by Crippen LogP contribution is 2.36. The van der Waals surface area contributed by atoms with E-state index in [1.54, 1.807) is 0 Å². The van der Waals surface area contributed by atoms with E-state index in [4.69, 9.17) is 0 Å². The zero-order valence-corrected chi connectivity index (χ0v) is 11.7. The summed E-state index contributed by atoms with van der Waals surface area (Å²) < 4.78 is 0.274. The Kier molecular flexibility index (Phi) is 4.36. The number of carbonyl (C=O) groups is 1. The van der Waals surface area contributed by atoms with Crippen molar-refractivity contribution in [3.63, 3.8) is 0 Å². The average Bonchev–Trinajstić information content (AvgIpc) is 2.74. The van der Waals surface area contributed by atoms with Gasteiger partial charge in [0.25, 0.3) is 0 Å². The van der Waals surface area contributed by atoms with Gasteiger partial charge in [0.05, 0.1) is 6.04 Å². The lowest BCUT2D eigenvalue weighted by molar-refractivity contribution is -0.124. The van der Waals surface area contributed by atoms with Crippen LogP contribution >= 0.6 is 11.8 Å². The maximum Gasteiger partial charge on any atom is 0.237 e. The first-order valence-corrected chi connectivity index (χ1v) is 7.73. The molecule has 2 aliphatic rings. The summed E-state index contributed by atoms with van der Waals surface area (Å²) in [6.07, 6.45) is 4.69. The molecule has 2 heterocycles. The van der Waals surface area contributed by atoms with Crippen LogP contribution in [0.5, 0.6) is 0 Å². The highest BCUT2D eigenvalue weighted by Gasteiger charge is 2.31. The van der Waals surface area contributed by atoms with Gasteiger partial charge >= 0.3 is 0 Å². The minimum absolute atomic E-state index is 0.0359. The number of hydrogen-bond donors (Lipinski definition) is 2. The first-order chi connectivity index (χ1) is 8.09. The van der Waals surface area contributed by atoms with Crippen LogP contribution in [0.4, 0.5) is 0 Å². The highest BCUT2D eigenvalue weighted by molar-refractivity contribution is 8.00. The quantitative estimate of drug-likeness (QED) is 0.809. The van der Waals surface area contributed by atoms with Crippen molar-refractivity contribution in [2.24, 2.45) is 5.92 Å². The van der Waals surface area contributed by atoms with Crippen LogP contribution in [0.3, 0.4) is 0 Å². The topological polar surface area (TPSA) is 41.1 Å². The van der Waals surface area contributed by atoms with E-state index < -0.39 is 0 Å². The van der Waals surface area contributed by atoms with Gasteiger partial charge in [-0.25, -0.2) is 0 Å². The standard InChI is InChI=1S/C13H24N2OS/c1-10-4-6-14-11(8-10)12(16)15-9-13(2)5-3-7-17-13/h10-11,14H,3-9H2,1-2H3,(H,15,16). The van der Waals surface area contributed by atoms with Gasteiger partial charge in [-0.05, 0) is 50.8 Å². The lowest BCUT2D eigenvalue weighted by atomic mass is 9.94. The molecule has 0 radical (unpaired) electrons. The second-order valence-electron chi connectivity index (χ2n) is 5.76. The van der Waals surface area contributed by atoms with Gasteiger partial charge in [-0.1, -0.05) is 6.92 Å². The third-order valence-corrected chi connectivity index (χ3v) is 5.46. The molecule has 17 heavy (non-hydrogen) atoms. The van der Waals surface area contributed by atoms with Crippen LogP contribution < -0.4 is 10.6 Å². The summed E-state index contributed by atoms with van der Waals surface area (Å²) in [7, 11) is 0. The van der Waals surface area contributed by atoms with E-state index in [-0.39, 0.29) is 16.7 Å². The van der Waals surface area contributed by atoms with E-state index >= 15 is 0 Å². The molecular weight excluding hydrogens is 232 g/mol. The molecule has 98 valence electrons. The van der Waals surface area contributed by atoms with Crippen molar-refractivity contribution >= 4 is 17.7 Å². The van der Waals surface area contributed by atoms with Crippen molar-refractivity contribution in [2.75, 3.05) is 18.8 Å². The second-order valence-corrected chi connectivity index (χ2v) is 7.44. The SMILES string of the molecule is CC1CCNC(C(=O)NCC2(C)CCCS2)C1. The van der Waals surface area contributed by atoms with E-state index in [0.29, 0.717) is 5.92 Å². The molecule has 0 aromatic heterocycles. The molecule has 0 aromatic rings. The Hall–Kier alpha value is -0.220. The number of amides is 1. The van der Waals surface area contributed by atoms with Crippen molar-refractivity contribution in [1.82, 2.24) is 10.6 Å². The fourth-order valence-corrected chi connectivity index (χ4v) is 3.93. The number of piperidine rings is 1. The Balaban J connectivity index is 1.76. The van der Waals surface area contributed by atoms with Gasteiger partial charge in [-0.2, -0.15) is 11.8 Å². The largest absolute Gasteiger partial charge is 0.353 e. The fourth-order valence-electron chi connectivity index (χ4n) is 2.68. The summed E-state index contributed by atoms with van der Waals surface area (Å²) in [5.74, 6) is 2.11. The van der Waals surface area contributed by atoms with Crippen LogP contribution in [0.2, 0.25) is 0 Å². The van der Waals surface area contributed by atoms with E-state index in [1.165, 1.54) is 25.0 Å². The van der Waals surface area contributed by atoms with Crippen LogP contribution in [-0.2, 0) is 4.79 Å². The predicted octanol–water partition coefficient (Wildman–Crippen LogP) is 1.78. The van der Waals surface area contributed by atoms with Gasteiger partial charge in [0, 0.05) is 11.3 Å². The first kappa shape index (κ1) is 13.2. The number of thioether (sulfide) groups is 1. The molecule has 2 rings (SSSR count). The minimum atomic E-state index is 0.0359. The monoisotopic (exact) mass is 256 g/mol. The maximum atomic E-state index is 12.1. The number of rotatable bonds is 3. The zero-order chi connectivity index (χ0) is 12.3. The molecule has 3 nitrogen and oxygen atoms in total. The minimum Gasteiger partial charge on any atom is -0.353 e. The molecule has 0 spiro atoms. The second kappa shape index (κ2) is 5.61. The van der Waals surface area contributed by atoms with Gasteiger partial charge in [-0.15, -0.1) is 0 Å². The van der Waals surface area contributed by atoms with Gasteiger partial charge in [0.2, 0.25) is 5.91 Å². The average molecular weight is 256 g/mol. The van der Waals surface area contributed by atoms with Crippen LogP contribution in [0.15, 0.2) is 0 Å². The van der Waals surface area contributed by atoms with Gasteiger partial charge in [0.15, 0.2) is 0 Å². The van der Waals surface area contributed by atoms with Crippen LogP contribution in [0.1, 0.15) is 39.5 Å². The van der Waals surface area contributed by atoms with Gasteiger partial charge < -0.3 is 10.6 Å². The first-order valence-electron chi connectivity index (χ1n) is 6.74. The van der Waals surface area contributed by atoms with Crippen molar-refractivity contribution in [2.45, 2.75) is 50.3 Å². The Morgan fingerprint density at radius 2 is 2.41 bits per heavy atom. The summed E-state index contributed by atoms with van der Waals surface area (Å²) in [4.78, 5) is 12.1. The van der Waals surface area contributed by atoms with Gasteiger partial charge in [0.1, 0.15) is 0 Å². The summed E-state index contributed by atoms with van der Waals surface area (Å²) in [5, 5.41) is 6.45. The number of carbonyl (C=O) groups excluding carboxylic acids is 1. The molecule has 2 fully saturated rings. The van der Waals surface area contributed by atoms with E-state index in [2.05, 4.69) is 24.5 Å². The molecule has 3 atom stereocenters. The van der Waals surface area contributed by atoms with Crippen LogP contribution in [0, 0.1) is 5.92 Å². The maximum absolute atomic E-state index is 12.1. The zero-order valence-electron chi connectivity index (χ0n) is 10.9. The Bertz CT molecular complexity index is 277. The van der Waals surface area contributed by atoms with Crippen LogP contribution in [0.25, 0.3) is 0 Å². The Labute approximate surface area is 108 Å². The van der Waals surface area contributed by atoms with Crippen molar-refractivity contribution < 1.29 is 4.79 Å². The number of hydrogen-bond acceptors (Lipinski definition) is 3. The third-order valence-electron chi connectivity index (χ3n) is 3.92. The van der Waals surface area contributed by atoms with Gasteiger partial charge in [-0.3, -0.25) is 4.79 Å². The molecule has 1 amide bonds. The molecule has 0 saturated carbocycles.